The topological polar surface area (TPSA) is 71.1 Å². The number of aromatic nitrogens is 1. The van der Waals surface area contributed by atoms with Gasteiger partial charge in [0.25, 0.3) is 0 Å². The van der Waals surface area contributed by atoms with Crippen LogP contribution >= 0.6 is 11.3 Å². The molecule has 1 aromatic heterocycles. The molecule has 1 aromatic carbocycles. The van der Waals surface area contributed by atoms with Gasteiger partial charge in [-0.1, -0.05) is 44.2 Å². The Balaban J connectivity index is 1.62. The van der Waals surface area contributed by atoms with Gasteiger partial charge in [-0.15, -0.1) is 11.3 Å². The Labute approximate surface area is 158 Å². The second kappa shape index (κ2) is 8.45. The predicted octanol–water partition coefficient (Wildman–Crippen LogP) is 3.34. The molecule has 2 N–H and O–H groups in total. The first-order valence-corrected chi connectivity index (χ1v) is 9.97. The van der Waals surface area contributed by atoms with E-state index in [9.17, 15) is 9.59 Å². The van der Waals surface area contributed by atoms with Crippen molar-refractivity contribution in [3.63, 3.8) is 0 Å². The zero-order valence-corrected chi connectivity index (χ0v) is 16.1. The molecule has 0 unspecified atom stereocenters. The molecule has 1 atom stereocenters. The van der Waals surface area contributed by atoms with Gasteiger partial charge in [0, 0.05) is 4.88 Å². The third-order valence-corrected chi connectivity index (χ3v) is 5.62. The first-order chi connectivity index (χ1) is 12.5. The highest BCUT2D eigenvalue weighted by atomic mass is 32.1. The maximum atomic E-state index is 12.7. The van der Waals surface area contributed by atoms with E-state index in [4.69, 9.17) is 0 Å². The van der Waals surface area contributed by atoms with Crippen molar-refractivity contribution in [3.8, 4) is 0 Å². The molecule has 0 fully saturated rings. The minimum Gasteiger partial charge on any atom is -0.344 e. The average Bonchev–Trinajstić information content (AvgIpc) is 3.02. The maximum Gasteiger partial charge on any atom is 0.248 e. The minimum atomic E-state index is -0.577. The molecular formula is C20H25N3O2S. The van der Waals surface area contributed by atoms with Crippen LogP contribution < -0.4 is 10.6 Å². The summed E-state index contributed by atoms with van der Waals surface area (Å²) in [5, 5.41) is 6.42. The number of amides is 2. The van der Waals surface area contributed by atoms with Crippen LogP contribution in [0.25, 0.3) is 0 Å². The first-order valence-electron chi connectivity index (χ1n) is 9.15. The van der Waals surface area contributed by atoms with Crippen LogP contribution in [0, 0.1) is 5.92 Å². The molecule has 1 aliphatic rings. The quantitative estimate of drug-likeness (QED) is 0.818. The summed E-state index contributed by atoms with van der Waals surface area (Å²) in [5.41, 5.74) is 2.05. The van der Waals surface area contributed by atoms with Crippen molar-refractivity contribution >= 4 is 28.3 Å². The Hall–Kier alpha value is -2.21. The van der Waals surface area contributed by atoms with E-state index >= 15 is 0 Å². The van der Waals surface area contributed by atoms with Gasteiger partial charge in [-0.2, -0.15) is 0 Å². The highest BCUT2D eigenvalue weighted by Crippen LogP contribution is 2.29. The predicted molar refractivity (Wildman–Crippen MR) is 104 cm³/mol. The van der Waals surface area contributed by atoms with E-state index in [0.29, 0.717) is 5.13 Å². The van der Waals surface area contributed by atoms with Gasteiger partial charge in [0.15, 0.2) is 5.13 Å². The normalized spacial score (nSPS) is 14.6. The Kier molecular flexibility index (Phi) is 6.04. The van der Waals surface area contributed by atoms with Crippen LogP contribution in [-0.4, -0.2) is 22.8 Å². The lowest BCUT2D eigenvalue weighted by Gasteiger charge is -2.21. The summed E-state index contributed by atoms with van der Waals surface area (Å²) in [5.74, 6) is -0.361. The van der Waals surface area contributed by atoms with Crippen molar-refractivity contribution in [2.45, 2.75) is 52.0 Å². The van der Waals surface area contributed by atoms with E-state index in [1.807, 2.05) is 44.2 Å². The molecule has 138 valence electrons. The largest absolute Gasteiger partial charge is 0.344 e. The maximum absolute atomic E-state index is 12.7. The van der Waals surface area contributed by atoms with Crippen LogP contribution in [0.2, 0.25) is 0 Å². The molecule has 0 aliphatic heterocycles. The lowest BCUT2D eigenvalue weighted by molar-refractivity contribution is -0.127. The molecular weight excluding hydrogens is 346 g/mol. The van der Waals surface area contributed by atoms with Gasteiger partial charge in [0.05, 0.1) is 12.1 Å². The van der Waals surface area contributed by atoms with E-state index in [2.05, 4.69) is 15.6 Å². The molecule has 3 rings (SSSR count). The van der Waals surface area contributed by atoms with E-state index in [0.717, 1.165) is 30.5 Å². The number of nitrogens with one attached hydrogen (secondary N) is 2. The van der Waals surface area contributed by atoms with Crippen molar-refractivity contribution in [2.24, 2.45) is 5.92 Å². The summed E-state index contributed by atoms with van der Waals surface area (Å²) in [7, 11) is 0. The second-order valence-corrected chi connectivity index (χ2v) is 8.12. The third kappa shape index (κ3) is 4.69. The smallest absolute Gasteiger partial charge is 0.248 e. The van der Waals surface area contributed by atoms with E-state index in [1.165, 1.54) is 11.3 Å². The molecule has 0 saturated heterocycles. The number of nitrogens with zero attached hydrogens (tertiary/aromatic N) is 1. The summed E-state index contributed by atoms with van der Waals surface area (Å²) in [6.07, 6.45) is 4.65. The molecule has 0 saturated carbocycles. The van der Waals surface area contributed by atoms with E-state index in [1.54, 1.807) is 11.3 Å². The molecule has 1 aliphatic carbocycles. The zero-order valence-electron chi connectivity index (χ0n) is 15.2. The molecule has 26 heavy (non-hydrogen) atoms. The number of benzene rings is 1. The number of fused-ring (bicyclic) bond motifs is 1. The lowest BCUT2D eigenvalue weighted by Crippen LogP contribution is -2.47. The van der Waals surface area contributed by atoms with Crippen molar-refractivity contribution in [2.75, 3.05) is 5.32 Å². The number of carbonyl (C=O) groups is 2. The fourth-order valence-corrected chi connectivity index (χ4v) is 4.18. The number of anilines is 1. The molecule has 2 aromatic rings. The number of hydrogen-bond acceptors (Lipinski definition) is 4. The monoisotopic (exact) mass is 371 g/mol. The van der Waals surface area contributed by atoms with E-state index < -0.39 is 6.04 Å². The second-order valence-electron chi connectivity index (χ2n) is 7.04. The average molecular weight is 372 g/mol. The number of carbonyl (C=O) groups excluding carboxylic acids is 2. The van der Waals surface area contributed by atoms with Crippen LogP contribution in [0.5, 0.6) is 0 Å². The number of aryl methyl sites for hydroxylation is 2. The minimum absolute atomic E-state index is 0.00990. The number of rotatable bonds is 6. The Bertz CT molecular complexity index is 747. The Morgan fingerprint density at radius 2 is 1.88 bits per heavy atom. The van der Waals surface area contributed by atoms with Gasteiger partial charge >= 0.3 is 0 Å². The summed E-state index contributed by atoms with van der Waals surface area (Å²) in [6.45, 7) is 3.86. The molecule has 6 heteroatoms. The molecule has 0 bridgehead atoms. The van der Waals surface area contributed by atoms with Gasteiger partial charge in [0.1, 0.15) is 6.04 Å². The molecule has 5 nitrogen and oxygen atoms in total. The van der Waals surface area contributed by atoms with Gasteiger partial charge in [-0.05, 0) is 37.2 Å². The highest BCUT2D eigenvalue weighted by Gasteiger charge is 2.26. The van der Waals surface area contributed by atoms with Crippen LogP contribution in [0.3, 0.4) is 0 Å². The van der Waals surface area contributed by atoms with Gasteiger partial charge < -0.3 is 10.6 Å². The number of thiazole rings is 1. The Morgan fingerprint density at radius 1 is 1.15 bits per heavy atom. The molecule has 2 amide bonds. The summed E-state index contributed by atoms with van der Waals surface area (Å²) >= 11 is 1.56. The molecule has 1 heterocycles. The summed E-state index contributed by atoms with van der Waals surface area (Å²) < 4.78 is 0. The summed E-state index contributed by atoms with van der Waals surface area (Å²) in [6, 6.07) is 8.96. The van der Waals surface area contributed by atoms with Crippen LogP contribution in [0.15, 0.2) is 30.3 Å². The first kappa shape index (κ1) is 18.6. The highest BCUT2D eigenvalue weighted by molar-refractivity contribution is 7.15. The van der Waals surface area contributed by atoms with Crippen LogP contribution in [0.1, 0.15) is 42.8 Å². The molecule has 0 radical (unpaired) electrons. The lowest BCUT2D eigenvalue weighted by atomic mass is 10.0. The van der Waals surface area contributed by atoms with Gasteiger partial charge in [0.2, 0.25) is 11.8 Å². The van der Waals surface area contributed by atoms with Crippen molar-refractivity contribution < 1.29 is 9.59 Å². The van der Waals surface area contributed by atoms with Gasteiger partial charge in [-0.25, -0.2) is 4.98 Å². The standard InChI is InChI=1S/C20H25N3O2S/c1-13(2)18(22-17(24)12-14-8-4-3-5-9-14)19(25)23-20-21-15-10-6-7-11-16(15)26-20/h3-5,8-9,13,18H,6-7,10-12H2,1-2H3,(H,22,24)(H,21,23,25)/t18-/m0/s1. The summed E-state index contributed by atoms with van der Waals surface area (Å²) in [4.78, 5) is 30.9. The fourth-order valence-electron chi connectivity index (χ4n) is 3.13. The Morgan fingerprint density at radius 3 is 2.58 bits per heavy atom. The van der Waals surface area contributed by atoms with E-state index in [-0.39, 0.29) is 24.2 Å². The SMILES string of the molecule is CC(C)[C@H](NC(=O)Cc1ccccc1)C(=O)Nc1nc2c(s1)CCCC2. The zero-order chi connectivity index (χ0) is 18.5. The van der Waals surface area contributed by atoms with Crippen LogP contribution in [-0.2, 0) is 28.9 Å². The van der Waals surface area contributed by atoms with Crippen molar-refractivity contribution in [1.82, 2.24) is 10.3 Å². The number of hydrogen-bond donors (Lipinski definition) is 2. The molecule has 0 spiro atoms. The van der Waals surface area contributed by atoms with Gasteiger partial charge in [-0.3, -0.25) is 9.59 Å². The fraction of sp³-hybridized carbons (Fsp3) is 0.450. The van der Waals surface area contributed by atoms with Crippen molar-refractivity contribution in [1.29, 1.82) is 0 Å². The van der Waals surface area contributed by atoms with Crippen LogP contribution in [0.4, 0.5) is 5.13 Å². The van der Waals surface area contributed by atoms with Crippen molar-refractivity contribution in [3.05, 3.63) is 46.5 Å². The third-order valence-electron chi connectivity index (χ3n) is 4.55.